The van der Waals surface area contributed by atoms with Crippen molar-refractivity contribution in [1.82, 2.24) is 5.16 Å². The first-order chi connectivity index (χ1) is 12.5. The van der Waals surface area contributed by atoms with Gasteiger partial charge in [-0.25, -0.2) is 0 Å². The van der Waals surface area contributed by atoms with E-state index < -0.39 is 5.91 Å². The third-order valence-corrected chi connectivity index (χ3v) is 4.45. The molecule has 0 spiro atoms. The molecule has 0 fully saturated rings. The number of carbonyl (C=O) groups is 1. The average molecular weight is 412 g/mol. The van der Waals surface area contributed by atoms with E-state index in [1.807, 2.05) is 0 Å². The Morgan fingerprint density at radius 2 is 1.85 bits per heavy atom. The van der Waals surface area contributed by atoms with Crippen molar-refractivity contribution in [1.29, 1.82) is 0 Å². The molecule has 1 heterocycles. The molecule has 26 heavy (non-hydrogen) atoms. The molecule has 3 aromatic rings. The van der Waals surface area contributed by atoms with E-state index in [0.29, 0.717) is 37.8 Å². The van der Waals surface area contributed by atoms with Gasteiger partial charge < -0.3 is 14.6 Å². The number of rotatable bonds is 5. The molecule has 0 radical (unpaired) electrons. The van der Waals surface area contributed by atoms with Crippen LogP contribution in [0.25, 0.3) is 0 Å². The molecular formula is C18H13Cl3N2O3. The molecule has 5 nitrogen and oxygen atoms in total. The molecule has 1 aromatic heterocycles. The van der Waals surface area contributed by atoms with Gasteiger partial charge in [-0.2, -0.15) is 0 Å². The van der Waals surface area contributed by atoms with Crippen LogP contribution in [0, 0.1) is 6.92 Å². The number of nitrogens with zero attached hydrogens (tertiary/aromatic N) is 1. The van der Waals surface area contributed by atoms with Crippen LogP contribution in [0.3, 0.4) is 0 Å². The maximum absolute atomic E-state index is 12.6. The van der Waals surface area contributed by atoms with E-state index in [9.17, 15) is 4.79 Å². The highest BCUT2D eigenvalue weighted by Crippen LogP contribution is 2.30. The molecule has 3 rings (SSSR count). The number of para-hydroxylation sites is 1. The Labute approximate surface area is 164 Å². The van der Waals surface area contributed by atoms with Crippen LogP contribution in [-0.2, 0) is 6.61 Å². The van der Waals surface area contributed by atoms with E-state index >= 15 is 0 Å². The first-order valence-electron chi connectivity index (χ1n) is 7.54. The van der Waals surface area contributed by atoms with Crippen LogP contribution in [0.1, 0.15) is 21.8 Å². The summed E-state index contributed by atoms with van der Waals surface area (Å²) in [6, 6.07) is 11.9. The fourth-order valence-electron chi connectivity index (χ4n) is 2.24. The fourth-order valence-corrected chi connectivity index (χ4v) is 2.91. The molecule has 0 aliphatic heterocycles. The number of hydrogen-bond donors (Lipinski definition) is 1. The highest BCUT2D eigenvalue weighted by atomic mass is 35.5. The van der Waals surface area contributed by atoms with Crippen molar-refractivity contribution >= 4 is 46.4 Å². The van der Waals surface area contributed by atoms with Crippen LogP contribution in [0.4, 0.5) is 5.69 Å². The zero-order chi connectivity index (χ0) is 18.7. The molecule has 1 N–H and O–H groups in total. The monoisotopic (exact) mass is 410 g/mol. The summed E-state index contributed by atoms with van der Waals surface area (Å²) in [5.41, 5.74) is 0.925. The average Bonchev–Trinajstić information content (AvgIpc) is 2.97. The van der Waals surface area contributed by atoms with Gasteiger partial charge >= 0.3 is 0 Å². The zero-order valence-corrected chi connectivity index (χ0v) is 15.8. The lowest BCUT2D eigenvalue weighted by molar-refractivity contribution is 0.101. The fraction of sp³-hybridized carbons (Fsp3) is 0.111. The number of nitrogens with one attached hydrogen (secondary N) is 1. The second kappa shape index (κ2) is 7.99. The van der Waals surface area contributed by atoms with Crippen molar-refractivity contribution in [2.24, 2.45) is 0 Å². The number of aryl methyl sites for hydroxylation is 1. The van der Waals surface area contributed by atoms with Crippen LogP contribution >= 0.6 is 34.8 Å². The van der Waals surface area contributed by atoms with Gasteiger partial charge in [-0.3, -0.25) is 4.79 Å². The summed E-state index contributed by atoms with van der Waals surface area (Å²) < 4.78 is 10.8. The minimum Gasteiger partial charge on any atom is -0.489 e. The number of halogens is 3. The second-order valence-electron chi connectivity index (χ2n) is 5.36. The molecular weight excluding hydrogens is 399 g/mol. The van der Waals surface area contributed by atoms with E-state index in [4.69, 9.17) is 44.1 Å². The van der Waals surface area contributed by atoms with Gasteiger partial charge in [0.1, 0.15) is 18.1 Å². The van der Waals surface area contributed by atoms with Crippen molar-refractivity contribution in [3.63, 3.8) is 0 Å². The van der Waals surface area contributed by atoms with E-state index in [2.05, 4.69) is 10.5 Å². The molecule has 0 bridgehead atoms. The first-order valence-corrected chi connectivity index (χ1v) is 8.68. The summed E-state index contributed by atoms with van der Waals surface area (Å²) in [4.78, 5) is 12.6. The Bertz CT molecular complexity index is 936. The smallest absolute Gasteiger partial charge is 0.278 e. The van der Waals surface area contributed by atoms with Crippen molar-refractivity contribution in [3.8, 4) is 5.75 Å². The molecule has 0 saturated carbocycles. The summed E-state index contributed by atoms with van der Waals surface area (Å²) in [6.45, 7) is 1.79. The van der Waals surface area contributed by atoms with Gasteiger partial charge in [0.2, 0.25) is 0 Å². The van der Waals surface area contributed by atoms with Crippen LogP contribution in [-0.4, -0.2) is 11.1 Å². The largest absolute Gasteiger partial charge is 0.489 e. The summed E-state index contributed by atoms with van der Waals surface area (Å²) in [5.74, 6) is 0.544. The molecule has 2 aromatic carbocycles. The molecule has 8 heteroatoms. The van der Waals surface area contributed by atoms with Crippen LogP contribution in [0.5, 0.6) is 5.75 Å². The molecule has 0 saturated heterocycles. The molecule has 1 amide bonds. The van der Waals surface area contributed by atoms with Crippen LogP contribution in [0.2, 0.25) is 15.1 Å². The van der Waals surface area contributed by atoms with Gasteiger partial charge in [0.05, 0.1) is 21.3 Å². The summed E-state index contributed by atoms with van der Waals surface area (Å²) in [6.07, 6.45) is 0. The molecule has 0 aliphatic carbocycles. The topological polar surface area (TPSA) is 64.4 Å². The van der Waals surface area contributed by atoms with E-state index in [0.717, 1.165) is 0 Å². The molecule has 134 valence electrons. The highest BCUT2D eigenvalue weighted by molar-refractivity contribution is 6.40. The maximum atomic E-state index is 12.6. The minimum atomic E-state index is -0.499. The number of carbonyl (C=O) groups excluding carboxylic acids is 1. The molecule has 0 aliphatic rings. The molecule has 0 atom stereocenters. The van der Waals surface area contributed by atoms with Crippen molar-refractivity contribution in [2.75, 3.05) is 5.32 Å². The van der Waals surface area contributed by atoms with Gasteiger partial charge in [0.25, 0.3) is 5.91 Å². The Kier molecular flexibility index (Phi) is 5.71. The van der Waals surface area contributed by atoms with Crippen molar-refractivity contribution in [2.45, 2.75) is 13.5 Å². The van der Waals surface area contributed by atoms with Gasteiger partial charge in [-0.1, -0.05) is 52.1 Å². The number of amides is 1. The Hall–Kier alpha value is -2.21. The zero-order valence-electron chi connectivity index (χ0n) is 13.6. The maximum Gasteiger partial charge on any atom is 0.278 e. The van der Waals surface area contributed by atoms with Crippen LogP contribution < -0.4 is 10.1 Å². The van der Waals surface area contributed by atoms with Crippen LogP contribution in [0.15, 0.2) is 47.0 Å². The summed E-state index contributed by atoms with van der Waals surface area (Å²) in [5, 5.41) is 7.67. The lowest BCUT2D eigenvalue weighted by Crippen LogP contribution is -2.16. The van der Waals surface area contributed by atoms with Gasteiger partial charge in [0.15, 0.2) is 5.69 Å². The standard InChI is InChI=1S/C18H13Cl3N2O3/c1-10-13(9-25-12-5-2-4-11(19)8-12)16(23-26-10)18(24)22-17-14(20)6-3-7-15(17)21/h2-8H,9H2,1H3,(H,22,24). The van der Waals surface area contributed by atoms with Crippen molar-refractivity contribution in [3.05, 3.63) is 74.6 Å². The van der Waals surface area contributed by atoms with E-state index in [-0.39, 0.29) is 12.3 Å². The predicted molar refractivity (Wildman–Crippen MR) is 101 cm³/mol. The minimum absolute atomic E-state index is 0.0919. The number of benzene rings is 2. The quantitative estimate of drug-likeness (QED) is 0.578. The predicted octanol–water partition coefficient (Wildman–Crippen LogP) is 5.77. The SMILES string of the molecule is Cc1onc(C(=O)Nc2c(Cl)cccc2Cl)c1COc1cccc(Cl)c1. The summed E-state index contributed by atoms with van der Waals surface area (Å²) >= 11 is 18.1. The van der Waals surface area contributed by atoms with Crippen molar-refractivity contribution < 1.29 is 14.1 Å². The van der Waals surface area contributed by atoms with Gasteiger partial charge in [-0.05, 0) is 37.3 Å². The Morgan fingerprint density at radius 1 is 1.15 bits per heavy atom. The third kappa shape index (κ3) is 4.12. The number of hydrogen-bond acceptors (Lipinski definition) is 4. The summed E-state index contributed by atoms with van der Waals surface area (Å²) in [7, 11) is 0. The molecule has 0 unspecified atom stereocenters. The number of anilines is 1. The normalized spacial score (nSPS) is 10.6. The van der Waals surface area contributed by atoms with Gasteiger partial charge in [-0.15, -0.1) is 0 Å². The lowest BCUT2D eigenvalue weighted by Gasteiger charge is -2.09. The third-order valence-electron chi connectivity index (χ3n) is 3.58. The number of ether oxygens (including phenoxy) is 1. The lowest BCUT2D eigenvalue weighted by atomic mass is 10.2. The second-order valence-corrected chi connectivity index (χ2v) is 6.61. The number of aromatic nitrogens is 1. The van der Waals surface area contributed by atoms with Gasteiger partial charge in [0, 0.05) is 5.02 Å². The van der Waals surface area contributed by atoms with E-state index in [1.165, 1.54) is 0 Å². The Balaban J connectivity index is 1.79. The first kappa shape index (κ1) is 18.6. The van der Waals surface area contributed by atoms with E-state index in [1.54, 1.807) is 49.4 Å². The highest BCUT2D eigenvalue weighted by Gasteiger charge is 2.22. The Morgan fingerprint density at radius 3 is 2.54 bits per heavy atom.